The Labute approximate surface area is 176 Å². The molecule has 0 saturated carbocycles. The Morgan fingerprint density at radius 2 is 2.14 bits per heavy atom. The van der Waals surface area contributed by atoms with E-state index in [9.17, 15) is 13.2 Å². The number of thiazole rings is 1. The van der Waals surface area contributed by atoms with Crippen molar-refractivity contribution >= 4 is 54.8 Å². The normalized spacial score (nSPS) is 12.2. The Hall–Kier alpha value is -2.64. The first-order valence-corrected chi connectivity index (χ1v) is 11.0. The second-order valence-electron chi connectivity index (χ2n) is 5.87. The summed E-state index contributed by atoms with van der Waals surface area (Å²) in [4.78, 5) is 15.0. The fraction of sp³-hybridized carbons (Fsp3) is 0.158. The van der Waals surface area contributed by atoms with Gasteiger partial charge in [-0.25, -0.2) is 18.2 Å². The molecule has 29 heavy (non-hydrogen) atoms. The number of nitrogens with one attached hydrogen (secondary N) is 1. The number of hydrogen-bond donors (Lipinski definition) is 2. The van der Waals surface area contributed by atoms with Crippen molar-refractivity contribution in [1.82, 2.24) is 4.98 Å². The van der Waals surface area contributed by atoms with Crippen molar-refractivity contribution < 1.29 is 23.1 Å². The van der Waals surface area contributed by atoms with Gasteiger partial charge >= 0.3 is 5.97 Å². The van der Waals surface area contributed by atoms with E-state index in [1.54, 1.807) is 23.7 Å². The number of anilines is 1. The molecule has 0 aliphatic heterocycles. The maximum atomic E-state index is 12.8. The molecule has 0 fully saturated rings. The van der Waals surface area contributed by atoms with Crippen LogP contribution in [-0.4, -0.2) is 37.2 Å². The molecule has 3 rings (SSSR count). The van der Waals surface area contributed by atoms with Gasteiger partial charge in [0.05, 0.1) is 31.9 Å². The van der Waals surface area contributed by atoms with Crippen LogP contribution in [0, 0.1) is 11.8 Å². The number of carboxylic acid groups (broad SMARTS) is 1. The van der Waals surface area contributed by atoms with E-state index in [1.807, 2.05) is 0 Å². The molecule has 0 unspecified atom stereocenters. The van der Waals surface area contributed by atoms with Crippen LogP contribution in [0.1, 0.15) is 12.5 Å². The van der Waals surface area contributed by atoms with Gasteiger partial charge in [-0.05, 0) is 43.3 Å². The predicted octanol–water partition coefficient (Wildman–Crippen LogP) is 3.59. The minimum absolute atomic E-state index is 0.0988. The van der Waals surface area contributed by atoms with Crippen molar-refractivity contribution in [3.05, 3.63) is 52.5 Å². The van der Waals surface area contributed by atoms with E-state index in [0.717, 1.165) is 10.2 Å². The number of ether oxygens (including phenoxy) is 1. The average molecular weight is 451 g/mol. The molecule has 0 spiro atoms. The molecule has 0 saturated heterocycles. The van der Waals surface area contributed by atoms with Crippen LogP contribution in [-0.2, 0) is 19.6 Å². The molecule has 1 heterocycles. The lowest BCUT2D eigenvalue weighted by Gasteiger charge is -2.10. The van der Waals surface area contributed by atoms with Gasteiger partial charge in [-0.2, -0.15) is 0 Å². The van der Waals surface area contributed by atoms with E-state index in [2.05, 4.69) is 21.5 Å². The minimum Gasteiger partial charge on any atom is -0.479 e. The summed E-state index contributed by atoms with van der Waals surface area (Å²) in [6.45, 7) is 1.26. The Balaban J connectivity index is 1.84. The molecule has 1 atom stereocenters. The first kappa shape index (κ1) is 21.1. The number of rotatable bonds is 6. The Morgan fingerprint density at radius 3 is 2.90 bits per heavy atom. The van der Waals surface area contributed by atoms with Crippen LogP contribution in [0.4, 0.5) is 5.69 Å². The second kappa shape index (κ2) is 8.80. The number of carbonyl (C=O) groups is 1. The van der Waals surface area contributed by atoms with Crippen molar-refractivity contribution in [2.24, 2.45) is 0 Å². The summed E-state index contributed by atoms with van der Waals surface area (Å²) in [7, 11) is -3.86. The fourth-order valence-electron chi connectivity index (χ4n) is 2.28. The van der Waals surface area contributed by atoms with Crippen LogP contribution < -0.4 is 4.72 Å². The largest absolute Gasteiger partial charge is 0.479 e. The number of halogens is 1. The summed E-state index contributed by atoms with van der Waals surface area (Å²) < 4.78 is 33.9. The number of nitrogens with zero attached hydrogens (tertiary/aromatic N) is 1. The van der Waals surface area contributed by atoms with Crippen molar-refractivity contribution in [3.63, 3.8) is 0 Å². The highest BCUT2D eigenvalue weighted by atomic mass is 35.5. The van der Waals surface area contributed by atoms with Crippen molar-refractivity contribution in [2.75, 3.05) is 11.3 Å². The highest BCUT2D eigenvalue weighted by Crippen LogP contribution is 2.26. The highest BCUT2D eigenvalue weighted by molar-refractivity contribution is 7.92. The molecule has 7 nitrogen and oxygen atoms in total. The van der Waals surface area contributed by atoms with Crippen LogP contribution in [0.15, 0.2) is 46.8 Å². The molecule has 2 aromatic carbocycles. The van der Waals surface area contributed by atoms with Gasteiger partial charge in [0, 0.05) is 5.02 Å². The van der Waals surface area contributed by atoms with E-state index in [4.69, 9.17) is 21.4 Å². The van der Waals surface area contributed by atoms with E-state index in [-0.39, 0.29) is 17.2 Å². The number of fused-ring (bicyclic) bond motifs is 1. The summed E-state index contributed by atoms with van der Waals surface area (Å²) >= 11 is 7.35. The van der Waals surface area contributed by atoms with Crippen LogP contribution in [0.3, 0.4) is 0 Å². The minimum atomic E-state index is -3.86. The first-order valence-electron chi connectivity index (χ1n) is 8.25. The smallest absolute Gasteiger partial charge is 0.332 e. The molecule has 2 N–H and O–H groups in total. The topological polar surface area (TPSA) is 106 Å². The number of benzene rings is 2. The highest BCUT2D eigenvalue weighted by Gasteiger charge is 2.17. The van der Waals surface area contributed by atoms with Gasteiger partial charge in [0.1, 0.15) is 6.61 Å². The van der Waals surface area contributed by atoms with E-state index >= 15 is 0 Å². The molecular weight excluding hydrogens is 436 g/mol. The zero-order valence-corrected chi connectivity index (χ0v) is 17.4. The SMILES string of the molecule is C[C@H](OCC#Cc1cc(Cl)ccc1NS(=O)(=O)c1ccc2ncsc2c1)C(=O)O. The lowest BCUT2D eigenvalue weighted by Crippen LogP contribution is -2.19. The van der Waals surface area contributed by atoms with Crippen molar-refractivity contribution in [2.45, 2.75) is 17.9 Å². The summed E-state index contributed by atoms with van der Waals surface area (Å²) in [5.41, 5.74) is 2.96. The molecule has 0 bridgehead atoms. The second-order valence-corrected chi connectivity index (χ2v) is 8.88. The van der Waals surface area contributed by atoms with Gasteiger partial charge in [-0.1, -0.05) is 23.4 Å². The van der Waals surface area contributed by atoms with Crippen molar-refractivity contribution in [1.29, 1.82) is 0 Å². The first-order chi connectivity index (χ1) is 13.8. The fourth-order valence-corrected chi connectivity index (χ4v) is 4.35. The lowest BCUT2D eigenvalue weighted by atomic mass is 10.2. The van der Waals surface area contributed by atoms with Gasteiger partial charge in [-0.15, -0.1) is 11.3 Å². The van der Waals surface area contributed by atoms with Crippen LogP contribution in [0.5, 0.6) is 0 Å². The van der Waals surface area contributed by atoms with Gasteiger partial charge in [0.25, 0.3) is 10.0 Å². The monoisotopic (exact) mass is 450 g/mol. The predicted molar refractivity (Wildman–Crippen MR) is 112 cm³/mol. The van der Waals surface area contributed by atoms with Gasteiger partial charge < -0.3 is 9.84 Å². The molecule has 150 valence electrons. The molecule has 0 aliphatic rings. The summed E-state index contributed by atoms with van der Waals surface area (Å²) in [6.07, 6.45) is -0.997. The van der Waals surface area contributed by atoms with E-state index in [1.165, 1.54) is 36.5 Å². The number of aliphatic carboxylic acids is 1. The molecule has 1 aromatic heterocycles. The summed E-state index contributed by atoms with van der Waals surface area (Å²) in [5, 5.41) is 9.17. The maximum Gasteiger partial charge on any atom is 0.332 e. The van der Waals surface area contributed by atoms with Crippen LogP contribution >= 0.6 is 22.9 Å². The van der Waals surface area contributed by atoms with E-state index in [0.29, 0.717) is 10.6 Å². The lowest BCUT2D eigenvalue weighted by molar-refractivity contribution is -0.148. The number of carboxylic acids is 1. The quantitative estimate of drug-likeness (QED) is 0.556. The third kappa shape index (κ3) is 5.25. The number of hydrogen-bond acceptors (Lipinski definition) is 6. The van der Waals surface area contributed by atoms with Gasteiger partial charge in [-0.3, -0.25) is 4.72 Å². The zero-order chi connectivity index (χ0) is 21.0. The van der Waals surface area contributed by atoms with Gasteiger partial charge in [0.15, 0.2) is 6.10 Å². The summed E-state index contributed by atoms with van der Waals surface area (Å²) in [6, 6.07) is 9.24. The molecule has 10 heteroatoms. The molecule has 3 aromatic rings. The Bertz CT molecular complexity index is 1230. The Kier molecular flexibility index (Phi) is 6.39. The average Bonchev–Trinajstić information content (AvgIpc) is 3.14. The van der Waals surface area contributed by atoms with Crippen molar-refractivity contribution in [3.8, 4) is 11.8 Å². The zero-order valence-electron chi connectivity index (χ0n) is 15.0. The summed E-state index contributed by atoms with van der Waals surface area (Å²) in [5.74, 6) is 4.33. The molecule has 0 aliphatic carbocycles. The third-order valence-corrected chi connectivity index (χ3v) is 6.21. The van der Waals surface area contributed by atoms with E-state index < -0.39 is 22.1 Å². The standard InChI is InChI=1S/C19H15ClN2O5S2/c1-12(19(23)24)27-8-2-3-13-9-14(20)4-6-16(13)22-29(25,26)15-5-7-17-18(10-15)28-11-21-17/h4-7,9-12,22H,8H2,1H3,(H,23,24)/t12-/m0/s1. The number of aromatic nitrogens is 1. The molecule has 0 amide bonds. The molecule has 0 radical (unpaired) electrons. The molecular formula is C19H15ClN2O5S2. The van der Waals surface area contributed by atoms with Gasteiger partial charge in [0.2, 0.25) is 0 Å². The third-order valence-electron chi connectivity index (χ3n) is 3.82. The van der Waals surface area contributed by atoms with Crippen LogP contribution in [0.25, 0.3) is 10.2 Å². The number of sulfonamides is 1. The Morgan fingerprint density at radius 1 is 1.34 bits per heavy atom. The van der Waals surface area contributed by atoms with Crippen LogP contribution in [0.2, 0.25) is 5.02 Å². The maximum absolute atomic E-state index is 12.8.